The first-order valence-electron chi connectivity index (χ1n) is 9.79. The topological polar surface area (TPSA) is 138 Å². The van der Waals surface area contributed by atoms with Gasteiger partial charge in [0.15, 0.2) is 6.10 Å². The van der Waals surface area contributed by atoms with Crippen LogP contribution in [0.5, 0.6) is 0 Å². The number of rotatable bonds is 7. The number of cyclic esters (lactones) is 1. The number of nitrogens with two attached hydrogens (primary N) is 1. The summed E-state index contributed by atoms with van der Waals surface area (Å²) in [6, 6.07) is 7.79. The highest BCUT2D eigenvalue weighted by molar-refractivity contribution is 5.90. The van der Waals surface area contributed by atoms with Crippen molar-refractivity contribution in [3.8, 4) is 22.6 Å². The molecule has 0 bridgehead atoms. The number of aromatic nitrogens is 5. The SMILES string of the molecule is Cn1nnc(-c2ccc(-c3ccc(N4CC(COC(=O)CCN)OC4=O)cc3F)cn2)n1. The van der Waals surface area contributed by atoms with Gasteiger partial charge in [-0.15, -0.1) is 10.2 Å². The minimum atomic E-state index is -0.640. The summed E-state index contributed by atoms with van der Waals surface area (Å²) in [4.78, 5) is 30.5. The number of hydrogen-bond acceptors (Lipinski definition) is 9. The van der Waals surface area contributed by atoms with Crippen molar-refractivity contribution >= 4 is 17.7 Å². The van der Waals surface area contributed by atoms with Crippen molar-refractivity contribution in [2.75, 3.05) is 24.6 Å². The van der Waals surface area contributed by atoms with Crippen LogP contribution in [0.25, 0.3) is 22.6 Å². The lowest BCUT2D eigenvalue weighted by Gasteiger charge is -2.14. The molecule has 1 aliphatic heterocycles. The van der Waals surface area contributed by atoms with Gasteiger partial charge in [0.25, 0.3) is 0 Å². The van der Waals surface area contributed by atoms with Crippen molar-refractivity contribution in [2.24, 2.45) is 12.8 Å². The van der Waals surface area contributed by atoms with E-state index in [-0.39, 0.29) is 26.1 Å². The Hall–Kier alpha value is -3.93. The van der Waals surface area contributed by atoms with Gasteiger partial charge in [-0.25, -0.2) is 9.18 Å². The molecule has 0 saturated carbocycles. The summed E-state index contributed by atoms with van der Waals surface area (Å²) in [5.41, 5.74) is 7.01. The van der Waals surface area contributed by atoms with Gasteiger partial charge in [0.05, 0.1) is 25.7 Å². The minimum Gasteiger partial charge on any atom is -0.462 e. The summed E-state index contributed by atoms with van der Waals surface area (Å²) in [6.45, 7) is 0.228. The average Bonchev–Trinajstić information content (AvgIpc) is 3.38. The predicted octanol–water partition coefficient (Wildman–Crippen LogP) is 1.30. The number of esters is 1. The van der Waals surface area contributed by atoms with Crippen molar-refractivity contribution in [1.29, 1.82) is 0 Å². The molecule has 2 aromatic heterocycles. The van der Waals surface area contributed by atoms with E-state index in [2.05, 4.69) is 20.4 Å². The zero-order valence-corrected chi connectivity index (χ0v) is 17.1. The molecular weight excluding hydrogens is 421 g/mol. The van der Waals surface area contributed by atoms with Crippen LogP contribution in [0.1, 0.15) is 6.42 Å². The smallest absolute Gasteiger partial charge is 0.414 e. The summed E-state index contributed by atoms with van der Waals surface area (Å²) >= 11 is 0. The predicted molar refractivity (Wildman–Crippen MR) is 110 cm³/mol. The molecule has 32 heavy (non-hydrogen) atoms. The van der Waals surface area contributed by atoms with E-state index in [9.17, 15) is 14.0 Å². The second kappa shape index (κ2) is 9.06. The highest BCUT2D eigenvalue weighted by Gasteiger charge is 2.33. The molecule has 166 valence electrons. The quantitative estimate of drug-likeness (QED) is 0.537. The van der Waals surface area contributed by atoms with E-state index < -0.39 is 24.0 Å². The fourth-order valence-corrected chi connectivity index (χ4v) is 3.17. The van der Waals surface area contributed by atoms with Gasteiger partial charge < -0.3 is 15.2 Å². The standard InChI is InChI=1S/C20H20FN7O4/c1-27-25-19(24-26-27)17-5-2-12(9-23-17)15-4-3-13(8-16(15)21)28-10-14(32-20(28)30)11-31-18(29)6-7-22/h2-5,8-9,14H,6-7,10-11,22H2,1H3. The maximum Gasteiger partial charge on any atom is 0.414 e. The lowest BCUT2D eigenvalue weighted by atomic mass is 10.1. The number of nitrogens with zero attached hydrogens (tertiary/aromatic N) is 6. The molecule has 3 heterocycles. The maximum absolute atomic E-state index is 14.9. The highest BCUT2D eigenvalue weighted by atomic mass is 19.1. The van der Waals surface area contributed by atoms with Crippen LogP contribution in [0.3, 0.4) is 0 Å². The Kier molecular flexibility index (Phi) is 6.03. The molecule has 1 unspecified atom stereocenters. The van der Waals surface area contributed by atoms with E-state index in [1.165, 1.54) is 22.0 Å². The molecule has 1 saturated heterocycles. The Morgan fingerprint density at radius 3 is 2.84 bits per heavy atom. The largest absolute Gasteiger partial charge is 0.462 e. The van der Waals surface area contributed by atoms with Crippen LogP contribution >= 0.6 is 0 Å². The summed E-state index contributed by atoms with van der Waals surface area (Å²) in [5, 5.41) is 11.7. The zero-order chi connectivity index (χ0) is 22.7. The number of anilines is 1. The van der Waals surface area contributed by atoms with Crippen molar-refractivity contribution < 1.29 is 23.5 Å². The summed E-state index contributed by atoms with van der Waals surface area (Å²) in [6.07, 6.45) is 0.319. The van der Waals surface area contributed by atoms with Gasteiger partial charge in [0.1, 0.15) is 18.1 Å². The number of ether oxygens (including phenoxy) is 2. The molecule has 2 N–H and O–H groups in total. The third kappa shape index (κ3) is 4.54. The molecular formula is C20H20FN7O4. The van der Waals surface area contributed by atoms with E-state index in [4.69, 9.17) is 15.2 Å². The molecule has 0 aliphatic carbocycles. The Morgan fingerprint density at radius 1 is 1.34 bits per heavy atom. The molecule has 1 atom stereocenters. The second-order valence-electron chi connectivity index (χ2n) is 7.04. The van der Waals surface area contributed by atoms with E-state index in [1.807, 2.05) is 0 Å². The van der Waals surface area contributed by atoms with Gasteiger partial charge in [-0.2, -0.15) is 4.80 Å². The van der Waals surface area contributed by atoms with Crippen LogP contribution in [0.4, 0.5) is 14.9 Å². The number of tetrazole rings is 1. The van der Waals surface area contributed by atoms with Crippen molar-refractivity contribution in [3.05, 3.63) is 42.3 Å². The monoisotopic (exact) mass is 441 g/mol. The van der Waals surface area contributed by atoms with Gasteiger partial charge >= 0.3 is 12.1 Å². The van der Waals surface area contributed by atoms with Crippen LogP contribution in [0.2, 0.25) is 0 Å². The Morgan fingerprint density at radius 2 is 2.19 bits per heavy atom. The molecule has 3 aromatic rings. The van der Waals surface area contributed by atoms with Crippen molar-refractivity contribution in [2.45, 2.75) is 12.5 Å². The minimum absolute atomic E-state index is 0.0830. The third-order valence-electron chi connectivity index (χ3n) is 4.73. The zero-order valence-electron chi connectivity index (χ0n) is 17.1. The number of pyridine rings is 1. The van der Waals surface area contributed by atoms with Gasteiger partial charge in [0, 0.05) is 23.9 Å². The average molecular weight is 441 g/mol. The number of carbonyl (C=O) groups excluding carboxylic acids is 2. The van der Waals surface area contributed by atoms with E-state index in [0.717, 1.165) is 0 Å². The van der Waals surface area contributed by atoms with Crippen molar-refractivity contribution in [1.82, 2.24) is 25.2 Å². The second-order valence-corrected chi connectivity index (χ2v) is 7.04. The van der Waals surface area contributed by atoms with Crippen LogP contribution < -0.4 is 10.6 Å². The number of benzene rings is 1. The fraction of sp³-hybridized carbons (Fsp3) is 0.300. The van der Waals surface area contributed by atoms with E-state index in [1.54, 1.807) is 31.3 Å². The molecule has 0 spiro atoms. The maximum atomic E-state index is 14.9. The van der Waals surface area contributed by atoms with Crippen LogP contribution in [0.15, 0.2) is 36.5 Å². The molecule has 1 aliphatic rings. The van der Waals surface area contributed by atoms with Gasteiger partial charge in [-0.05, 0) is 29.5 Å². The Bertz CT molecular complexity index is 1140. The Balaban J connectivity index is 1.45. The molecule has 1 aromatic carbocycles. The van der Waals surface area contributed by atoms with Gasteiger partial charge in [0.2, 0.25) is 5.82 Å². The first-order valence-corrected chi connectivity index (χ1v) is 9.79. The molecule has 12 heteroatoms. The summed E-state index contributed by atoms with van der Waals surface area (Å²) in [7, 11) is 1.65. The Labute approximate surface area is 181 Å². The lowest BCUT2D eigenvalue weighted by Crippen LogP contribution is -2.27. The first-order chi connectivity index (χ1) is 15.4. The molecule has 4 rings (SSSR count). The molecule has 1 amide bonds. The number of carbonyl (C=O) groups is 2. The van der Waals surface area contributed by atoms with E-state index in [0.29, 0.717) is 28.3 Å². The molecule has 1 fully saturated rings. The molecule has 0 radical (unpaired) electrons. The number of amides is 1. The van der Waals surface area contributed by atoms with Gasteiger partial charge in [-0.3, -0.25) is 14.7 Å². The summed E-state index contributed by atoms with van der Waals surface area (Å²) < 4.78 is 25.1. The van der Waals surface area contributed by atoms with Crippen LogP contribution in [0, 0.1) is 5.82 Å². The van der Waals surface area contributed by atoms with Crippen LogP contribution in [-0.4, -0.2) is 63.1 Å². The van der Waals surface area contributed by atoms with Gasteiger partial charge in [-0.1, -0.05) is 6.07 Å². The number of halogens is 1. The lowest BCUT2D eigenvalue weighted by molar-refractivity contribution is -0.145. The molecule has 11 nitrogen and oxygen atoms in total. The normalized spacial score (nSPS) is 15.7. The first kappa shape index (κ1) is 21.3. The van der Waals surface area contributed by atoms with E-state index >= 15 is 0 Å². The third-order valence-corrected chi connectivity index (χ3v) is 4.73. The van der Waals surface area contributed by atoms with Crippen LogP contribution in [-0.2, 0) is 21.3 Å². The number of aryl methyl sites for hydroxylation is 1. The summed E-state index contributed by atoms with van der Waals surface area (Å²) in [5.74, 6) is -0.627. The highest BCUT2D eigenvalue weighted by Crippen LogP contribution is 2.29. The fourth-order valence-electron chi connectivity index (χ4n) is 3.17. The number of hydrogen-bond donors (Lipinski definition) is 1. The van der Waals surface area contributed by atoms with Crippen molar-refractivity contribution in [3.63, 3.8) is 0 Å².